The summed E-state index contributed by atoms with van der Waals surface area (Å²) < 4.78 is 34.6. The van der Waals surface area contributed by atoms with Gasteiger partial charge in [0.2, 0.25) is 5.91 Å². The number of nitrogens with one attached hydrogen (secondary N) is 1. The molecule has 1 aliphatic heterocycles. The highest BCUT2D eigenvalue weighted by Gasteiger charge is 2.25. The average Bonchev–Trinajstić information content (AvgIpc) is 3.35. The predicted molar refractivity (Wildman–Crippen MR) is 126 cm³/mol. The molecule has 0 fully saturated rings. The second-order valence-corrected chi connectivity index (χ2v) is 10.2. The van der Waals surface area contributed by atoms with Gasteiger partial charge in [-0.25, -0.2) is 13.2 Å². The first-order valence-corrected chi connectivity index (χ1v) is 12.2. The minimum absolute atomic E-state index is 0.177. The van der Waals surface area contributed by atoms with E-state index in [0.29, 0.717) is 22.3 Å². The summed E-state index contributed by atoms with van der Waals surface area (Å²) in [5.74, 6) is -0.619. The third-order valence-electron chi connectivity index (χ3n) is 6.04. The van der Waals surface area contributed by atoms with Gasteiger partial charge in [0.15, 0.2) is 9.84 Å². The monoisotopic (exact) mass is 463 g/mol. The van der Waals surface area contributed by atoms with Gasteiger partial charge in [0.05, 0.1) is 30.0 Å². The van der Waals surface area contributed by atoms with Gasteiger partial charge in [-0.05, 0) is 37.1 Å². The van der Waals surface area contributed by atoms with E-state index in [-0.39, 0.29) is 17.7 Å². The number of furan rings is 1. The van der Waals surface area contributed by atoms with Gasteiger partial charge >= 0.3 is 5.63 Å². The number of amides is 1. The summed E-state index contributed by atoms with van der Waals surface area (Å²) in [5, 5.41) is 5.36. The van der Waals surface area contributed by atoms with Crippen LogP contribution in [0.2, 0.25) is 0 Å². The van der Waals surface area contributed by atoms with Gasteiger partial charge in [-0.15, -0.1) is 0 Å². The molecule has 168 valence electrons. The Morgan fingerprint density at radius 3 is 2.55 bits per heavy atom. The van der Waals surface area contributed by atoms with E-state index in [1.807, 2.05) is 43.3 Å². The normalized spacial score (nSPS) is 17.1. The van der Waals surface area contributed by atoms with Crippen LogP contribution >= 0.6 is 0 Å². The maximum Gasteiger partial charge on any atom is 0.340 e. The first kappa shape index (κ1) is 21.2. The molecule has 1 N–H and O–H groups in total. The van der Waals surface area contributed by atoms with Crippen molar-refractivity contribution in [3.8, 4) is 11.1 Å². The quantitative estimate of drug-likeness (QED) is 0.462. The maximum absolute atomic E-state index is 12.8. The van der Waals surface area contributed by atoms with Gasteiger partial charge < -0.3 is 14.2 Å². The van der Waals surface area contributed by atoms with E-state index in [2.05, 4.69) is 5.32 Å². The highest BCUT2D eigenvalue weighted by atomic mass is 32.2. The first-order valence-electron chi connectivity index (χ1n) is 10.5. The summed E-state index contributed by atoms with van der Waals surface area (Å²) in [4.78, 5) is 25.3. The standard InChI is InChI=1S/C25H21NO6S/c1-14-18-10-20-21(16-6-4-3-5-7-16)12-31-23(20)15(2)24(18)32-25(28)19(14)11-22(27)26-17-8-9-33(29,30)13-17/h3-10,12,17H,11,13H2,1-2H3,(H,26,27)/t17-/m0/s1. The van der Waals surface area contributed by atoms with E-state index in [0.717, 1.165) is 27.3 Å². The molecule has 0 saturated heterocycles. The second-order valence-electron chi connectivity index (χ2n) is 8.27. The molecule has 1 atom stereocenters. The SMILES string of the molecule is Cc1c(CC(=O)N[C@H]2C=CS(=O)(=O)C2)c(=O)oc2c(C)c3occ(-c4ccccc4)c3cc12. The van der Waals surface area contributed by atoms with Crippen LogP contribution in [0.3, 0.4) is 0 Å². The zero-order valence-electron chi connectivity index (χ0n) is 18.0. The van der Waals surface area contributed by atoms with Crippen LogP contribution in [0.1, 0.15) is 16.7 Å². The Morgan fingerprint density at radius 2 is 1.85 bits per heavy atom. The molecule has 33 heavy (non-hydrogen) atoms. The molecular formula is C25H21NO6S. The van der Waals surface area contributed by atoms with E-state index >= 15 is 0 Å². The third-order valence-corrected chi connectivity index (χ3v) is 7.44. The number of hydrogen-bond donors (Lipinski definition) is 1. The van der Waals surface area contributed by atoms with Crippen LogP contribution in [-0.2, 0) is 21.1 Å². The predicted octanol–water partition coefficient (Wildman–Crippen LogP) is 3.79. The third kappa shape index (κ3) is 3.76. The molecule has 1 amide bonds. The number of carbonyl (C=O) groups excluding carboxylic acids is 1. The second kappa shape index (κ2) is 7.74. The van der Waals surface area contributed by atoms with Crippen LogP contribution in [-0.4, -0.2) is 26.1 Å². The van der Waals surface area contributed by atoms with Crippen LogP contribution in [0, 0.1) is 13.8 Å². The molecular weight excluding hydrogens is 442 g/mol. The molecule has 1 aliphatic rings. The molecule has 2 aromatic heterocycles. The van der Waals surface area contributed by atoms with Crippen LogP contribution < -0.4 is 10.9 Å². The summed E-state index contributed by atoms with van der Waals surface area (Å²) in [7, 11) is -3.29. The zero-order valence-corrected chi connectivity index (χ0v) is 18.9. The largest absolute Gasteiger partial charge is 0.463 e. The lowest BCUT2D eigenvalue weighted by molar-refractivity contribution is -0.120. The minimum atomic E-state index is -3.29. The highest BCUT2D eigenvalue weighted by molar-refractivity contribution is 7.94. The van der Waals surface area contributed by atoms with Gasteiger partial charge in [0.25, 0.3) is 0 Å². The van der Waals surface area contributed by atoms with Gasteiger partial charge in [0, 0.05) is 27.3 Å². The Kier molecular flexibility index (Phi) is 4.97. The van der Waals surface area contributed by atoms with Crippen molar-refractivity contribution in [2.45, 2.75) is 26.3 Å². The molecule has 2 aromatic carbocycles. The number of aryl methyl sites for hydroxylation is 2. The molecule has 0 spiro atoms. The molecule has 0 bridgehead atoms. The fourth-order valence-corrected chi connectivity index (χ4v) is 5.56. The summed E-state index contributed by atoms with van der Waals surface area (Å²) in [6.45, 7) is 3.62. The number of fused-ring (bicyclic) bond motifs is 2. The van der Waals surface area contributed by atoms with E-state index in [9.17, 15) is 18.0 Å². The number of benzene rings is 2. The number of rotatable bonds is 4. The molecule has 0 saturated carbocycles. The molecule has 0 unspecified atom stereocenters. The minimum Gasteiger partial charge on any atom is -0.463 e. The van der Waals surface area contributed by atoms with Crippen molar-refractivity contribution >= 4 is 37.7 Å². The summed E-state index contributed by atoms with van der Waals surface area (Å²) in [6.07, 6.45) is 2.92. The van der Waals surface area contributed by atoms with Gasteiger partial charge in [0.1, 0.15) is 11.2 Å². The molecule has 8 heteroatoms. The molecule has 0 radical (unpaired) electrons. The molecule has 7 nitrogen and oxygen atoms in total. The van der Waals surface area contributed by atoms with Crippen molar-refractivity contribution in [1.82, 2.24) is 5.32 Å². The Hall–Kier alpha value is -3.65. The van der Waals surface area contributed by atoms with E-state index < -0.39 is 27.4 Å². The summed E-state index contributed by atoms with van der Waals surface area (Å²) in [6, 6.07) is 11.2. The molecule has 3 heterocycles. The van der Waals surface area contributed by atoms with Crippen molar-refractivity contribution in [3.05, 3.63) is 81.3 Å². The molecule has 5 rings (SSSR count). The van der Waals surface area contributed by atoms with Crippen LogP contribution in [0.15, 0.2) is 67.8 Å². The lowest BCUT2D eigenvalue weighted by Crippen LogP contribution is -2.37. The van der Waals surface area contributed by atoms with Crippen molar-refractivity contribution in [3.63, 3.8) is 0 Å². The van der Waals surface area contributed by atoms with Crippen LogP contribution in [0.4, 0.5) is 0 Å². The van der Waals surface area contributed by atoms with E-state index in [1.54, 1.807) is 13.2 Å². The highest BCUT2D eigenvalue weighted by Crippen LogP contribution is 2.37. The van der Waals surface area contributed by atoms with Crippen molar-refractivity contribution in [2.24, 2.45) is 0 Å². The van der Waals surface area contributed by atoms with Crippen molar-refractivity contribution in [1.29, 1.82) is 0 Å². The number of sulfone groups is 1. The van der Waals surface area contributed by atoms with Crippen LogP contribution in [0.5, 0.6) is 0 Å². The van der Waals surface area contributed by atoms with E-state index in [4.69, 9.17) is 8.83 Å². The Morgan fingerprint density at radius 1 is 1.09 bits per heavy atom. The van der Waals surface area contributed by atoms with Crippen molar-refractivity contribution in [2.75, 3.05) is 5.75 Å². The smallest absolute Gasteiger partial charge is 0.340 e. The Bertz CT molecular complexity index is 1610. The number of hydrogen-bond acceptors (Lipinski definition) is 6. The zero-order chi connectivity index (χ0) is 23.3. The van der Waals surface area contributed by atoms with E-state index in [1.165, 1.54) is 6.08 Å². The van der Waals surface area contributed by atoms with Crippen molar-refractivity contribution < 1.29 is 22.0 Å². The average molecular weight is 464 g/mol. The maximum atomic E-state index is 12.8. The topological polar surface area (TPSA) is 107 Å². The fourth-order valence-electron chi connectivity index (χ4n) is 4.33. The lowest BCUT2D eigenvalue weighted by Gasteiger charge is -2.12. The van der Waals surface area contributed by atoms with Crippen LogP contribution in [0.25, 0.3) is 33.1 Å². The molecule has 0 aliphatic carbocycles. The Labute approximate surface area is 189 Å². The first-order chi connectivity index (χ1) is 15.7. The van der Waals surface area contributed by atoms with Gasteiger partial charge in [-0.1, -0.05) is 30.3 Å². The fraction of sp³-hybridized carbons (Fsp3) is 0.200. The molecule has 4 aromatic rings. The summed E-state index contributed by atoms with van der Waals surface area (Å²) >= 11 is 0. The Balaban J connectivity index is 1.57. The van der Waals surface area contributed by atoms with Gasteiger partial charge in [-0.2, -0.15) is 0 Å². The van der Waals surface area contributed by atoms with Gasteiger partial charge in [-0.3, -0.25) is 4.79 Å². The summed E-state index contributed by atoms with van der Waals surface area (Å²) in [5.41, 5.74) is 4.00. The number of carbonyl (C=O) groups is 1. The lowest BCUT2D eigenvalue weighted by atomic mass is 9.97.